The highest BCUT2D eigenvalue weighted by molar-refractivity contribution is 5.59. The number of aryl methyl sites for hydroxylation is 2. The Morgan fingerprint density at radius 3 is 2.74 bits per heavy atom. The molecule has 1 atom stereocenters. The van der Waals surface area contributed by atoms with Crippen LogP contribution in [0.1, 0.15) is 38.3 Å². The van der Waals surface area contributed by atoms with Crippen LogP contribution >= 0.6 is 0 Å². The summed E-state index contributed by atoms with van der Waals surface area (Å²) in [5, 5.41) is 0. The second-order valence-corrected chi connectivity index (χ2v) is 6.55. The molecule has 1 aliphatic heterocycles. The van der Waals surface area contributed by atoms with Crippen molar-refractivity contribution in [2.45, 2.75) is 40.5 Å². The maximum atomic E-state index is 6.00. The third-order valence-electron chi connectivity index (χ3n) is 4.87. The quantitative estimate of drug-likeness (QED) is 0.903. The van der Waals surface area contributed by atoms with Crippen molar-refractivity contribution in [3.05, 3.63) is 29.3 Å². The number of anilines is 1. The normalized spacial score (nSPS) is 22.6. The van der Waals surface area contributed by atoms with Crippen molar-refractivity contribution in [2.24, 2.45) is 17.1 Å². The summed E-state index contributed by atoms with van der Waals surface area (Å²) < 4.78 is 0. The molecule has 1 aromatic carbocycles. The zero-order chi connectivity index (χ0) is 14.0. The summed E-state index contributed by atoms with van der Waals surface area (Å²) in [4.78, 5) is 2.57. The molecule has 1 saturated heterocycles. The predicted octanol–water partition coefficient (Wildman–Crippen LogP) is 3.37. The number of hydrogen-bond donors (Lipinski definition) is 1. The van der Waals surface area contributed by atoms with Gasteiger partial charge in [-0.2, -0.15) is 0 Å². The zero-order valence-electron chi connectivity index (χ0n) is 12.9. The van der Waals surface area contributed by atoms with Crippen molar-refractivity contribution in [3.63, 3.8) is 0 Å². The van der Waals surface area contributed by atoms with Crippen LogP contribution in [0.4, 0.5) is 5.69 Å². The molecule has 0 bridgehead atoms. The molecule has 1 fully saturated rings. The van der Waals surface area contributed by atoms with Gasteiger partial charge in [0.15, 0.2) is 0 Å². The number of nitrogens with zero attached hydrogens (tertiary/aromatic N) is 1. The van der Waals surface area contributed by atoms with Gasteiger partial charge >= 0.3 is 0 Å². The van der Waals surface area contributed by atoms with E-state index in [1.807, 2.05) is 0 Å². The minimum Gasteiger partial charge on any atom is -0.371 e. The van der Waals surface area contributed by atoms with Gasteiger partial charge in [0, 0.05) is 18.8 Å². The van der Waals surface area contributed by atoms with Gasteiger partial charge in [0.1, 0.15) is 0 Å². The molecule has 0 spiro atoms. The molecular weight excluding hydrogens is 232 g/mol. The Morgan fingerprint density at radius 2 is 2.11 bits per heavy atom. The molecule has 2 N–H and O–H groups in total. The van der Waals surface area contributed by atoms with Gasteiger partial charge in [-0.3, -0.25) is 0 Å². The van der Waals surface area contributed by atoms with E-state index >= 15 is 0 Å². The van der Waals surface area contributed by atoms with Crippen LogP contribution in [0.15, 0.2) is 18.2 Å². The van der Waals surface area contributed by atoms with E-state index in [-0.39, 0.29) is 0 Å². The van der Waals surface area contributed by atoms with E-state index in [2.05, 4.69) is 50.8 Å². The molecule has 19 heavy (non-hydrogen) atoms. The minimum atomic E-state index is 0.375. The number of nitrogens with two attached hydrogens (primary N) is 1. The molecule has 0 aromatic heterocycles. The van der Waals surface area contributed by atoms with Crippen molar-refractivity contribution in [1.29, 1.82) is 0 Å². The largest absolute Gasteiger partial charge is 0.371 e. The lowest BCUT2D eigenvalue weighted by Crippen LogP contribution is -2.48. The van der Waals surface area contributed by atoms with Crippen LogP contribution in [0, 0.1) is 18.3 Å². The van der Waals surface area contributed by atoms with E-state index in [1.54, 1.807) is 0 Å². The minimum absolute atomic E-state index is 0.375. The molecule has 2 rings (SSSR count). The molecule has 1 aliphatic rings. The lowest BCUT2D eigenvalue weighted by molar-refractivity contribution is 0.177. The SMILES string of the molecule is CCc1cccc(C)c1N1CCC(C)(C)C(CN)C1. The Hall–Kier alpha value is -1.02. The van der Waals surface area contributed by atoms with Gasteiger partial charge in [-0.1, -0.05) is 39.0 Å². The molecular formula is C17H28N2. The molecule has 2 nitrogen and oxygen atoms in total. The van der Waals surface area contributed by atoms with Crippen molar-refractivity contribution >= 4 is 5.69 Å². The lowest BCUT2D eigenvalue weighted by atomic mass is 9.73. The average molecular weight is 260 g/mol. The van der Waals surface area contributed by atoms with E-state index < -0.39 is 0 Å². The standard InChI is InChI=1S/C17H28N2/c1-5-14-8-6-7-13(2)16(14)19-10-9-17(3,4)15(11-18)12-19/h6-8,15H,5,9-12,18H2,1-4H3. The fourth-order valence-corrected chi connectivity index (χ4v) is 3.29. The molecule has 1 heterocycles. The second-order valence-electron chi connectivity index (χ2n) is 6.55. The highest BCUT2D eigenvalue weighted by Crippen LogP contribution is 2.38. The molecule has 0 radical (unpaired) electrons. The van der Waals surface area contributed by atoms with Gasteiger partial charge in [0.2, 0.25) is 0 Å². The summed E-state index contributed by atoms with van der Waals surface area (Å²) in [5.41, 5.74) is 10.7. The summed E-state index contributed by atoms with van der Waals surface area (Å²) >= 11 is 0. The first kappa shape index (κ1) is 14.4. The molecule has 1 aromatic rings. The van der Waals surface area contributed by atoms with E-state index in [1.165, 1.54) is 23.2 Å². The first-order chi connectivity index (χ1) is 8.99. The fourth-order valence-electron chi connectivity index (χ4n) is 3.29. The Morgan fingerprint density at radius 1 is 1.37 bits per heavy atom. The van der Waals surface area contributed by atoms with Gasteiger partial charge in [0.25, 0.3) is 0 Å². The molecule has 0 aliphatic carbocycles. The average Bonchev–Trinajstić information content (AvgIpc) is 2.38. The highest BCUT2D eigenvalue weighted by atomic mass is 15.1. The van der Waals surface area contributed by atoms with Gasteiger partial charge in [-0.25, -0.2) is 0 Å². The van der Waals surface area contributed by atoms with Crippen LogP contribution in [0.3, 0.4) is 0 Å². The molecule has 1 unspecified atom stereocenters. The van der Waals surface area contributed by atoms with Crippen molar-refractivity contribution in [2.75, 3.05) is 24.5 Å². The van der Waals surface area contributed by atoms with Crippen LogP contribution in [0.5, 0.6) is 0 Å². The fraction of sp³-hybridized carbons (Fsp3) is 0.647. The first-order valence-electron chi connectivity index (χ1n) is 7.53. The zero-order valence-corrected chi connectivity index (χ0v) is 12.9. The van der Waals surface area contributed by atoms with Gasteiger partial charge in [-0.05, 0) is 48.8 Å². The van der Waals surface area contributed by atoms with Gasteiger partial charge in [0.05, 0.1) is 0 Å². The van der Waals surface area contributed by atoms with E-state index in [0.29, 0.717) is 11.3 Å². The topological polar surface area (TPSA) is 29.3 Å². The maximum absolute atomic E-state index is 6.00. The maximum Gasteiger partial charge on any atom is 0.0428 e. The van der Waals surface area contributed by atoms with E-state index in [9.17, 15) is 0 Å². The highest BCUT2D eigenvalue weighted by Gasteiger charge is 2.35. The van der Waals surface area contributed by atoms with E-state index in [0.717, 1.165) is 26.1 Å². The first-order valence-corrected chi connectivity index (χ1v) is 7.53. The van der Waals surface area contributed by atoms with Crippen LogP contribution in [-0.2, 0) is 6.42 Å². The van der Waals surface area contributed by atoms with Gasteiger partial charge in [-0.15, -0.1) is 0 Å². The third kappa shape index (κ3) is 2.79. The summed E-state index contributed by atoms with van der Waals surface area (Å²) in [5.74, 6) is 0.588. The van der Waals surface area contributed by atoms with Crippen LogP contribution in [-0.4, -0.2) is 19.6 Å². The number of benzene rings is 1. The molecule has 0 amide bonds. The molecule has 0 saturated carbocycles. The monoisotopic (exact) mass is 260 g/mol. The Labute approximate surface area is 118 Å². The lowest BCUT2D eigenvalue weighted by Gasteiger charge is -2.45. The van der Waals surface area contributed by atoms with Crippen LogP contribution < -0.4 is 10.6 Å². The number of rotatable bonds is 3. The number of para-hydroxylation sites is 1. The van der Waals surface area contributed by atoms with Crippen molar-refractivity contribution < 1.29 is 0 Å². The molecule has 2 heteroatoms. The number of piperidine rings is 1. The second kappa shape index (κ2) is 5.54. The summed E-state index contributed by atoms with van der Waals surface area (Å²) in [6, 6.07) is 6.66. The van der Waals surface area contributed by atoms with Crippen molar-refractivity contribution in [3.8, 4) is 0 Å². The Kier molecular flexibility index (Phi) is 4.19. The Bertz CT molecular complexity index is 437. The van der Waals surface area contributed by atoms with Crippen LogP contribution in [0.2, 0.25) is 0 Å². The van der Waals surface area contributed by atoms with E-state index in [4.69, 9.17) is 5.73 Å². The molecule has 106 valence electrons. The summed E-state index contributed by atoms with van der Waals surface area (Å²) in [7, 11) is 0. The van der Waals surface area contributed by atoms with Crippen molar-refractivity contribution in [1.82, 2.24) is 0 Å². The van der Waals surface area contributed by atoms with Crippen LogP contribution in [0.25, 0.3) is 0 Å². The number of hydrogen-bond acceptors (Lipinski definition) is 2. The summed E-state index contributed by atoms with van der Waals surface area (Å²) in [6.45, 7) is 12.2. The van der Waals surface area contributed by atoms with Gasteiger partial charge < -0.3 is 10.6 Å². The third-order valence-corrected chi connectivity index (χ3v) is 4.87. The smallest absolute Gasteiger partial charge is 0.0428 e. The predicted molar refractivity (Wildman–Crippen MR) is 83.7 cm³/mol. The Balaban J connectivity index is 2.29. The summed E-state index contributed by atoms with van der Waals surface area (Å²) in [6.07, 6.45) is 2.33.